The molecule has 13 atom stereocenters. The van der Waals surface area contributed by atoms with E-state index < -0.39 is 116 Å². The van der Waals surface area contributed by atoms with E-state index in [-0.39, 0.29) is 33.8 Å². The number of phenolic OH excluding ortho intramolecular Hbond substituents is 2. The van der Waals surface area contributed by atoms with Crippen LogP contribution in [0.4, 0.5) is 0 Å². The number of rotatable bonds is 10. The van der Waals surface area contributed by atoms with Crippen molar-refractivity contribution in [2.75, 3.05) is 20.3 Å². The maximum Gasteiger partial charge on any atom is 0.239 e. The molecule has 0 amide bonds. The van der Waals surface area contributed by atoms with Crippen LogP contribution in [0.2, 0.25) is 0 Å². The second-order valence-corrected chi connectivity index (χ2v) is 12.8. The zero-order valence-corrected chi connectivity index (χ0v) is 27.7. The van der Waals surface area contributed by atoms with Crippen LogP contribution < -0.4 is 14.9 Å². The Labute approximate surface area is 293 Å². The summed E-state index contributed by atoms with van der Waals surface area (Å²) < 4.78 is 45.6. The van der Waals surface area contributed by atoms with Crippen molar-refractivity contribution in [3.05, 3.63) is 46.6 Å². The van der Waals surface area contributed by atoms with Gasteiger partial charge in [0.15, 0.2) is 37.0 Å². The Morgan fingerprint density at radius 1 is 0.904 bits per heavy atom. The molecule has 3 saturated heterocycles. The first-order chi connectivity index (χ1) is 24.6. The highest BCUT2D eigenvalue weighted by Crippen LogP contribution is 2.39. The number of aromatic hydroxyl groups is 2. The van der Waals surface area contributed by atoms with Crippen LogP contribution in [0.25, 0.3) is 22.3 Å². The largest absolute Gasteiger partial charge is 0.508 e. The van der Waals surface area contributed by atoms with Gasteiger partial charge in [0.25, 0.3) is 0 Å². The Kier molecular flexibility index (Phi) is 11.0. The second-order valence-electron chi connectivity index (χ2n) is 12.8. The van der Waals surface area contributed by atoms with Gasteiger partial charge in [0.05, 0.1) is 26.4 Å². The van der Waals surface area contributed by atoms with Crippen molar-refractivity contribution >= 4 is 11.0 Å². The van der Waals surface area contributed by atoms with Crippen molar-refractivity contribution in [3.8, 4) is 34.3 Å². The van der Waals surface area contributed by atoms with Gasteiger partial charge in [0.2, 0.25) is 11.2 Å². The third kappa shape index (κ3) is 7.16. The molecule has 3 aliphatic heterocycles. The van der Waals surface area contributed by atoms with E-state index in [1.54, 1.807) is 0 Å². The molecule has 19 nitrogen and oxygen atoms in total. The number of ether oxygens (including phenoxy) is 7. The molecule has 286 valence electrons. The second kappa shape index (κ2) is 15.0. The standard InChI is InChI=1S/C33H40O19/c1-12-21(37)23(39)24(40)31(47-12)52-29-25(41)30(42)49-18(10-46-19-9-33(44,11-34)32(43)50-19)27(29)51-28-22(38)20-16(36)7-15(45-2)8-17(20)48-26(28)13-3-5-14(35)6-4-13/h3-8,12,18-19,21,23-25,27,29-32,34-37,39-44H,9-11H2,1-2H3. The lowest BCUT2D eigenvalue weighted by Gasteiger charge is -2.46. The highest BCUT2D eigenvalue weighted by molar-refractivity contribution is 5.88. The summed E-state index contributed by atoms with van der Waals surface area (Å²) >= 11 is 0. The van der Waals surface area contributed by atoms with Crippen LogP contribution in [0.3, 0.4) is 0 Å². The average molecular weight is 741 g/mol. The molecular formula is C33H40O19. The molecule has 3 aliphatic rings. The van der Waals surface area contributed by atoms with Crippen LogP contribution in [0.1, 0.15) is 13.3 Å². The quantitative estimate of drug-likeness (QED) is 0.105. The van der Waals surface area contributed by atoms with Crippen molar-refractivity contribution in [3.63, 3.8) is 0 Å². The Morgan fingerprint density at radius 2 is 1.62 bits per heavy atom. The number of aliphatic hydroxyl groups excluding tert-OH is 7. The van der Waals surface area contributed by atoms with E-state index in [0.29, 0.717) is 0 Å². The van der Waals surface area contributed by atoms with Crippen LogP contribution in [0.15, 0.2) is 45.6 Å². The monoisotopic (exact) mass is 740 g/mol. The minimum atomic E-state index is -2.07. The normalized spacial score (nSPS) is 36.6. The van der Waals surface area contributed by atoms with Crippen LogP contribution in [-0.2, 0) is 23.7 Å². The topological polar surface area (TPSA) is 297 Å². The number of hydrogen-bond donors (Lipinski definition) is 10. The first kappa shape index (κ1) is 38.1. The van der Waals surface area contributed by atoms with Gasteiger partial charge in [-0.2, -0.15) is 0 Å². The maximum atomic E-state index is 14.2. The number of phenols is 2. The van der Waals surface area contributed by atoms with Gasteiger partial charge in [-0.25, -0.2) is 0 Å². The number of methoxy groups -OCH3 is 1. The van der Waals surface area contributed by atoms with Crippen LogP contribution in [0.5, 0.6) is 23.0 Å². The van der Waals surface area contributed by atoms with Gasteiger partial charge in [-0.1, -0.05) is 0 Å². The summed E-state index contributed by atoms with van der Waals surface area (Å²) in [5.74, 6) is -1.38. The number of benzene rings is 2. The van der Waals surface area contributed by atoms with Gasteiger partial charge in [0.1, 0.15) is 70.4 Å². The van der Waals surface area contributed by atoms with E-state index in [9.17, 15) is 55.9 Å². The van der Waals surface area contributed by atoms with Crippen molar-refractivity contribution in [1.29, 1.82) is 0 Å². The van der Waals surface area contributed by atoms with Crippen molar-refractivity contribution in [2.24, 2.45) is 0 Å². The third-order valence-electron chi connectivity index (χ3n) is 9.24. The van der Waals surface area contributed by atoms with Gasteiger partial charge in [0, 0.05) is 24.1 Å². The molecule has 3 aromatic rings. The average Bonchev–Trinajstić information content (AvgIpc) is 3.41. The fourth-order valence-corrected chi connectivity index (χ4v) is 6.19. The predicted molar refractivity (Wildman–Crippen MR) is 170 cm³/mol. The summed E-state index contributed by atoms with van der Waals surface area (Å²) in [6, 6.07) is 7.87. The summed E-state index contributed by atoms with van der Waals surface area (Å²) in [5.41, 5.74) is -2.96. The van der Waals surface area contributed by atoms with Crippen LogP contribution in [-0.4, -0.2) is 151 Å². The Morgan fingerprint density at radius 3 is 2.27 bits per heavy atom. The van der Waals surface area contributed by atoms with Crippen molar-refractivity contribution in [1.82, 2.24) is 0 Å². The van der Waals surface area contributed by atoms with Gasteiger partial charge in [-0.15, -0.1) is 0 Å². The Balaban J connectivity index is 1.44. The van der Waals surface area contributed by atoms with E-state index in [1.165, 1.54) is 44.4 Å². The smallest absolute Gasteiger partial charge is 0.239 e. The summed E-state index contributed by atoms with van der Waals surface area (Å²) in [4.78, 5) is 14.2. The van der Waals surface area contributed by atoms with Crippen molar-refractivity contribution < 1.29 is 88.6 Å². The summed E-state index contributed by atoms with van der Waals surface area (Å²) in [7, 11) is 1.33. The molecule has 52 heavy (non-hydrogen) atoms. The Bertz CT molecular complexity index is 1770. The van der Waals surface area contributed by atoms with E-state index in [4.69, 9.17) is 37.6 Å². The molecule has 13 unspecified atom stereocenters. The van der Waals surface area contributed by atoms with Gasteiger partial charge >= 0.3 is 0 Å². The molecular weight excluding hydrogens is 700 g/mol. The fraction of sp³-hybridized carbons (Fsp3) is 0.545. The molecule has 4 heterocycles. The van der Waals surface area contributed by atoms with E-state index in [0.717, 1.165) is 6.07 Å². The number of hydrogen-bond acceptors (Lipinski definition) is 19. The lowest BCUT2D eigenvalue weighted by molar-refractivity contribution is -0.352. The molecule has 3 fully saturated rings. The lowest BCUT2D eigenvalue weighted by Crippen LogP contribution is -2.65. The molecule has 6 rings (SSSR count). The lowest BCUT2D eigenvalue weighted by atomic mass is 9.96. The summed E-state index contributed by atoms with van der Waals surface area (Å²) in [6.45, 7) is -0.111. The van der Waals surface area contributed by atoms with E-state index in [1.807, 2.05) is 0 Å². The molecule has 2 aromatic carbocycles. The van der Waals surface area contributed by atoms with Gasteiger partial charge < -0.3 is 88.6 Å². The Hall–Kier alpha value is -3.67. The maximum absolute atomic E-state index is 14.2. The van der Waals surface area contributed by atoms with Crippen LogP contribution in [0, 0.1) is 0 Å². The third-order valence-corrected chi connectivity index (χ3v) is 9.24. The SMILES string of the molecule is COc1cc(O)c2c(=O)c(OC3C(COC4CC(O)(CO)C(O)O4)OC(O)C(O)C3OC3OC(C)C(O)C(O)C3O)c(-c3ccc(O)cc3)oc2c1. The predicted octanol–water partition coefficient (Wildman–Crippen LogP) is -2.28. The van der Waals surface area contributed by atoms with Crippen molar-refractivity contribution in [2.45, 2.75) is 92.9 Å². The van der Waals surface area contributed by atoms with E-state index in [2.05, 4.69) is 0 Å². The van der Waals surface area contributed by atoms with E-state index >= 15 is 0 Å². The minimum absolute atomic E-state index is 0.128. The molecule has 19 heteroatoms. The molecule has 0 saturated carbocycles. The molecule has 0 spiro atoms. The number of aliphatic hydroxyl groups is 8. The molecule has 0 radical (unpaired) electrons. The summed E-state index contributed by atoms with van der Waals surface area (Å²) in [5, 5.41) is 104. The molecule has 1 aromatic heterocycles. The number of fused-ring (bicyclic) bond motifs is 1. The summed E-state index contributed by atoms with van der Waals surface area (Å²) in [6.07, 6.45) is -20.6. The highest BCUT2D eigenvalue weighted by Gasteiger charge is 2.53. The first-order valence-electron chi connectivity index (χ1n) is 16.1. The zero-order chi connectivity index (χ0) is 37.6. The van der Waals surface area contributed by atoms with Gasteiger partial charge in [-0.05, 0) is 31.2 Å². The zero-order valence-electron chi connectivity index (χ0n) is 27.7. The van der Waals surface area contributed by atoms with Crippen LogP contribution >= 0.6 is 0 Å². The minimum Gasteiger partial charge on any atom is -0.508 e. The molecule has 10 N–H and O–H groups in total. The first-order valence-corrected chi connectivity index (χ1v) is 16.1. The highest BCUT2D eigenvalue weighted by atomic mass is 16.8. The fourth-order valence-electron chi connectivity index (χ4n) is 6.19. The molecule has 0 aliphatic carbocycles. The molecule has 0 bridgehead atoms. The van der Waals surface area contributed by atoms with Gasteiger partial charge in [-0.3, -0.25) is 4.79 Å².